The number of halogens is 1. The molecule has 0 spiro atoms. The van der Waals surface area contributed by atoms with E-state index in [2.05, 4.69) is 20.4 Å². The van der Waals surface area contributed by atoms with E-state index in [-0.39, 0.29) is 22.5 Å². The van der Waals surface area contributed by atoms with Crippen LogP contribution in [0.3, 0.4) is 0 Å². The zero-order valence-electron chi connectivity index (χ0n) is 11.2. The second-order valence-corrected chi connectivity index (χ2v) is 4.51. The van der Waals surface area contributed by atoms with Crippen molar-refractivity contribution < 1.29 is 4.92 Å². The first-order valence-corrected chi connectivity index (χ1v) is 6.28. The Bertz CT molecular complexity index is 669. The number of aryl methyl sites for hydroxylation is 3. The molecule has 106 valence electrons. The van der Waals surface area contributed by atoms with Crippen molar-refractivity contribution in [3.63, 3.8) is 0 Å². The first-order valence-electron chi connectivity index (χ1n) is 5.90. The molecule has 2 heterocycles. The number of rotatable bonds is 4. The molecule has 2 rings (SSSR count). The molecule has 0 aliphatic rings. The third-order valence-corrected chi connectivity index (χ3v) is 2.88. The summed E-state index contributed by atoms with van der Waals surface area (Å²) in [6.07, 6.45) is 2.42. The zero-order chi connectivity index (χ0) is 14.9. The SMILES string of the molecule is CCc1nn(C)cc1Nc1nc(Cl)nc(C)c1[N+](=O)[O-]. The summed E-state index contributed by atoms with van der Waals surface area (Å²) >= 11 is 5.77. The fourth-order valence-electron chi connectivity index (χ4n) is 1.87. The van der Waals surface area contributed by atoms with Crippen LogP contribution in [0.5, 0.6) is 0 Å². The van der Waals surface area contributed by atoms with Crippen LogP contribution in [0.1, 0.15) is 18.3 Å². The van der Waals surface area contributed by atoms with Crippen LogP contribution in [0.25, 0.3) is 0 Å². The van der Waals surface area contributed by atoms with Gasteiger partial charge in [0.1, 0.15) is 5.69 Å². The van der Waals surface area contributed by atoms with Gasteiger partial charge < -0.3 is 5.32 Å². The third kappa shape index (κ3) is 2.69. The number of anilines is 2. The van der Waals surface area contributed by atoms with Crippen LogP contribution in [0, 0.1) is 17.0 Å². The Kier molecular flexibility index (Phi) is 3.84. The van der Waals surface area contributed by atoms with Gasteiger partial charge in [0.25, 0.3) is 0 Å². The summed E-state index contributed by atoms with van der Waals surface area (Å²) < 4.78 is 1.63. The number of aromatic nitrogens is 4. The molecule has 0 bridgehead atoms. The van der Waals surface area contributed by atoms with Gasteiger partial charge in [0, 0.05) is 13.2 Å². The van der Waals surface area contributed by atoms with Crippen LogP contribution >= 0.6 is 11.6 Å². The van der Waals surface area contributed by atoms with Gasteiger partial charge in [-0.2, -0.15) is 10.1 Å². The number of nitrogens with zero attached hydrogens (tertiary/aromatic N) is 5. The first kappa shape index (κ1) is 14.2. The van der Waals surface area contributed by atoms with Crippen molar-refractivity contribution in [1.29, 1.82) is 0 Å². The van der Waals surface area contributed by atoms with Gasteiger partial charge in [-0.25, -0.2) is 4.98 Å². The zero-order valence-corrected chi connectivity index (χ0v) is 12.0. The Morgan fingerprint density at radius 3 is 2.80 bits per heavy atom. The van der Waals surface area contributed by atoms with Crippen molar-refractivity contribution in [2.45, 2.75) is 20.3 Å². The Hall–Kier alpha value is -2.22. The van der Waals surface area contributed by atoms with E-state index in [1.807, 2.05) is 6.92 Å². The molecule has 1 N–H and O–H groups in total. The molecule has 0 aliphatic carbocycles. The fraction of sp³-hybridized carbons (Fsp3) is 0.364. The molecular formula is C11H13ClN6O2. The predicted octanol–water partition coefficient (Wildman–Crippen LogP) is 2.39. The quantitative estimate of drug-likeness (QED) is 0.528. The normalized spacial score (nSPS) is 10.6. The average molecular weight is 297 g/mol. The number of nitrogens with one attached hydrogen (secondary N) is 1. The lowest BCUT2D eigenvalue weighted by Gasteiger charge is -2.07. The van der Waals surface area contributed by atoms with Crippen LogP contribution in [0.4, 0.5) is 17.2 Å². The molecule has 0 saturated heterocycles. The second-order valence-electron chi connectivity index (χ2n) is 4.17. The molecule has 0 aromatic carbocycles. The monoisotopic (exact) mass is 296 g/mol. The predicted molar refractivity (Wildman–Crippen MR) is 74.3 cm³/mol. The van der Waals surface area contributed by atoms with Gasteiger partial charge in [0.05, 0.1) is 16.3 Å². The van der Waals surface area contributed by atoms with E-state index in [4.69, 9.17) is 11.6 Å². The van der Waals surface area contributed by atoms with Gasteiger partial charge in [-0.15, -0.1) is 0 Å². The van der Waals surface area contributed by atoms with E-state index in [0.717, 1.165) is 5.69 Å². The molecule has 8 nitrogen and oxygen atoms in total. The van der Waals surface area contributed by atoms with Gasteiger partial charge >= 0.3 is 5.69 Å². The largest absolute Gasteiger partial charge is 0.332 e. The van der Waals surface area contributed by atoms with Gasteiger partial charge in [-0.3, -0.25) is 14.8 Å². The lowest BCUT2D eigenvalue weighted by molar-refractivity contribution is -0.385. The highest BCUT2D eigenvalue weighted by Gasteiger charge is 2.23. The molecule has 0 radical (unpaired) electrons. The van der Waals surface area contributed by atoms with Crippen molar-refractivity contribution in [2.75, 3.05) is 5.32 Å². The van der Waals surface area contributed by atoms with Crippen molar-refractivity contribution in [1.82, 2.24) is 19.7 Å². The third-order valence-electron chi connectivity index (χ3n) is 2.71. The molecule has 2 aromatic rings. The standard InChI is InChI=1S/C11H13ClN6O2/c1-4-7-8(5-17(3)16-7)14-10-9(18(19)20)6(2)13-11(12)15-10/h5H,4H2,1-3H3,(H,13,14,15). The van der Waals surface area contributed by atoms with Crippen molar-refractivity contribution in [3.8, 4) is 0 Å². The van der Waals surface area contributed by atoms with Gasteiger partial charge in [0.15, 0.2) is 0 Å². The summed E-state index contributed by atoms with van der Waals surface area (Å²) in [5, 5.41) is 18.2. The molecule has 20 heavy (non-hydrogen) atoms. The van der Waals surface area contributed by atoms with Crippen LogP contribution in [-0.2, 0) is 13.5 Å². The van der Waals surface area contributed by atoms with E-state index >= 15 is 0 Å². The molecule has 0 fully saturated rings. The minimum absolute atomic E-state index is 0.0439. The molecule has 0 saturated carbocycles. The van der Waals surface area contributed by atoms with Crippen LogP contribution in [0.15, 0.2) is 6.20 Å². The number of hydrogen-bond acceptors (Lipinski definition) is 6. The maximum atomic E-state index is 11.1. The Balaban J connectivity index is 2.49. The molecule has 0 unspecified atom stereocenters. The molecule has 0 amide bonds. The van der Waals surface area contributed by atoms with Gasteiger partial charge in [-0.05, 0) is 24.9 Å². The Labute approximate surface area is 120 Å². The molecule has 9 heteroatoms. The lowest BCUT2D eigenvalue weighted by atomic mass is 10.3. The summed E-state index contributed by atoms with van der Waals surface area (Å²) in [6.45, 7) is 3.46. The summed E-state index contributed by atoms with van der Waals surface area (Å²) in [7, 11) is 1.77. The summed E-state index contributed by atoms with van der Waals surface area (Å²) in [6, 6.07) is 0. The number of nitro groups is 1. The first-order chi connectivity index (χ1) is 9.42. The van der Waals surface area contributed by atoms with E-state index in [0.29, 0.717) is 12.1 Å². The smallest absolute Gasteiger partial charge is 0.332 e. The van der Waals surface area contributed by atoms with Gasteiger partial charge in [-0.1, -0.05) is 6.92 Å². The molecule has 2 aromatic heterocycles. The second kappa shape index (κ2) is 5.41. The summed E-state index contributed by atoms with van der Waals surface area (Å²) in [5.74, 6) is 0.0650. The molecular weight excluding hydrogens is 284 g/mol. The average Bonchev–Trinajstić information content (AvgIpc) is 2.67. The highest BCUT2D eigenvalue weighted by atomic mass is 35.5. The van der Waals surface area contributed by atoms with Gasteiger partial charge in [0.2, 0.25) is 11.1 Å². The fourth-order valence-corrected chi connectivity index (χ4v) is 2.08. The van der Waals surface area contributed by atoms with E-state index < -0.39 is 4.92 Å². The van der Waals surface area contributed by atoms with E-state index in [9.17, 15) is 10.1 Å². The van der Waals surface area contributed by atoms with Crippen LogP contribution < -0.4 is 5.32 Å². The van der Waals surface area contributed by atoms with Crippen LogP contribution in [0.2, 0.25) is 5.28 Å². The van der Waals surface area contributed by atoms with E-state index in [1.165, 1.54) is 6.92 Å². The minimum Gasteiger partial charge on any atom is -0.332 e. The Morgan fingerprint density at radius 1 is 1.50 bits per heavy atom. The number of hydrogen-bond donors (Lipinski definition) is 1. The summed E-state index contributed by atoms with van der Waals surface area (Å²) in [5.41, 5.74) is 1.46. The maximum absolute atomic E-state index is 11.1. The maximum Gasteiger partial charge on any atom is 0.332 e. The van der Waals surface area contributed by atoms with Crippen molar-refractivity contribution >= 4 is 28.8 Å². The molecule has 0 atom stereocenters. The lowest BCUT2D eigenvalue weighted by Crippen LogP contribution is -2.04. The minimum atomic E-state index is -0.532. The van der Waals surface area contributed by atoms with Crippen molar-refractivity contribution in [3.05, 3.63) is 33.0 Å². The highest BCUT2D eigenvalue weighted by Crippen LogP contribution is 2.30. The van der Waals surface area contributed by atoms with E-state index in [1.54, 1.807) is 17.9 Å². The topological polar surface area (TPSA) is 98.8 Å². The Morgan fingerprint density at radius 2 is 2.20 bits per heavy atom. The summed E-state index contributed by atoms with van der Waals surface area (Å²) in [4.78, 5) is 18.3. The molecule has 0 aliphatic heterocycles. The highest BCUT2D eigenvalue weighted by molar-refractivity contribution is 6.28. The van der Waals surface area contributed by atoms with Crippen LogP contribution in [-0.4, -0.2) is 24.7 Å². The van der Waals surface area contributed by atoms with Crippen molar-refractivity contribution in [2.24, 2.45) is 7.05 Å².